The van der Waals surface area contributed by atoms with Crippen molar-refractivity contribution in [1.29, 1.82) is 0 Å². The molecule has 1 unspecified atom stereocenters. The fraction of sp³-hybridized carbons (Fsp3) is 0.375. The van der Waals surface area contributed by atoms with E-state index in [1.165, 1.54) is 0 Å². The highest BCUT2D eigenvalue weighted by molar-refractivity contribution is 5.34. The van der Waals surface area contributed by atoms with E-state index in [1.54, 1.807) is 0 Å². The van der Waals surface area contributed by atoms with Crippen LogP contribution in [-0.2, 0) is 6.42 Å². The molecular formula is C16H22N2O2. The van der Waals surface area contributed by atoms with Gasteiger partial charge in [0, 0.05) is 6.42 Å². The molecule has 4 nitrogen and oxygen atoms in total. The van der Waals surface area contributed by atoms with Crippen molar-refractivity contribution in [2.75, 3.05) is 0 Å². The normalized spacial score (nSPS) is 12.7. The van der Waals surface area contributed by atoms with Crippen molar-refractivity contribution in [3.8, 4) is 5.75 Å². The monoisotopic (exact) mass is 274 g/mol. The van der Waals surface area contributed by atoms with Crippen LogP contribution in [0.2, 0.25) is 0 Å². The van der Waals surface area contributed by atoms with E-state index >= 15 is 0 Å². The zero-order valence-electron chi connectivity index (χ0n) is 12.2. The third-order valence-corrected chi connectivity index (χ3v) is 3.05. The first-order valence-electron chi connectivity index (χ1n) is 6.95. The Morgan fingerprint density at radius 1 is 1.25 bits per heavy atom. The molecule has 0 radical (unpaired) electrons. The molecule has 0 aliphatic heterocycles. The lowest BCUT2D eigenvalue weighted by Gasteiger charge is -2.16. The number of rotatable bonds is 6. The molecule has 1 aromatic carbocycles. The first kappa shape index (κ1) is 14.6. The van der Waals surface area contributed by atoms with Gasteiger partial charge in [0.05, 0.1) is 6.10 Å². The summed E-state index contributed by atoms with van der Waals surface area (Å²) in [6.45, 7) is 6.07. The van der Waals surface area contributed by atoms with Gasteiger partial charge < -0.3 is 9.15 Å². The van der Waals surface area contributed by atoms with E-state index in [0.29, 0.717) is 0 Å². The maximum absolute atomic E-state index is 5.78. The molecule has 0 amide bonds. The summed E-state index contributed by atoms with van der Waals surface area (Å²) in [7, 11) is 0. The average molecular weight is 274 g/mol. The van der Waals surface area contributed by atoms with Crippen molar-refractivity contribution in [2.24, 2.45) is 5.84 Å². The number of aryl methyl sites for hydroxylation is 1. The number of nitrogens with one attached hydrogen (secondary N) is 1. The average Bonchev–Trinajstić information content (AvgIpc) is 2.88. The molecule has 2 rings (SSSR count). The molecule has 0 saturated heterocycles. The predicted octanol–water partition coefficient (Wildman–Crippen LogP) is 3.18. The molecule has 0 aliphatic rings. The lowest BCUT2D eigenvalue weighted by Crippen LogP contribution is -2.28. The van der Waals surface area contributed by atoms with Gasteiger partial charge in [0.1, 0.15) is 23.3 Å². The van der Waals surface area contributed by atoms with Crippen LogP contribution in [0.4, 0.5) is 0 Å². The second-order valence-corrected chi connectivity index (χ2v) is 5.00. The summed E-state index contributed by atoms with van der Waals surface area (Å²) in [5.74, 6) is 8.29. The number of ether oxygens (including phenoxy) is 1. The van der Waals surface area contributed by atoms with Gasteiger partial charge in [-0.3, -0.25) is 5.84 Å². The lowest BCUT2D eigenvalue weighted by molar-refractivity contribution is 0.242. The highest BCUT2D eigenvalue weighted by Gasteiger charge is 2.17. The van der Waals surface area contributed by atoms with E-state index in [4.69, 9.17) is 15.0 Å². The van der Waals surface area contributed by atoms with E-state index in [1.807, 2.05) is 50.2 Å². The zero-order valence-corrected chi connectivity index (χ0v) is 12.2. The summed E-state index contributed by atoms with van der Waals surface area (Å²) in [5, 5.41) is 0. The fourth-order valence-electron chi connectivity index (χ4n) is 2.12. The SMILES string of the molecule is CCc1ccc(C(NN)c2cccc(OC(C)C)c2)o1. The van der Waals surface area contributed by atoms with E-state index in [2.05, 4.69) is 12.3 Å². The number of furan rings is 1. The summed E-state index contributed by atoms with van der Waals surface area (Å²) < 4.78 is 11.5. The Kier molecular flexibility index (Phi) is 4.82. The number of hydrogen-bond acceptors (Lipinski definition) is 4. The summed E-state index contributed by atoms with van der Waals surface area (Å²) >= 11 is 0. The van der Waals surface area contributed by atoms with Gasteiger partial charge in [0.15, 0.2) is 0 Å². The van der Waals surface area contributed by atoms with Crippen LogP contribution in [-0.4, -0.2) is 6.10 Å². The number of hydrogen-bond donors (Lipinski definition) is 2. The molecule has 1 heterocycles. The number of nitrogens with two attached hydrogens (primary N) is 1. The smallest absolute Gasteiger partial charge is 0.126 e. The molecule has 1 atom stereocenters. The Labute approximate surface area is 119 Å². The standard InChI is InChI=1S/C16H22N2O2/c1-4-13-8-9-15(20-13)16(18-17)12-6-5-7-14(10-12)19-11(2)3/h5-11,16,18H,4,17H2,1-3H3. The predicted molar refractivity (Wildman–Crippen MR) is 79.5 cm³/mol. The first-order valence-corrected chi connectivity index (χ1v) is 6.95. The molecule has 3 N–H and O–H groups in total. The second-order valence-electron chi connectivity index (χ2n) is 5.00. The van der Waals surface area contributed by atoms with Crippen molar-refractivity contribution < 1.29 is 9.15 Å². The molecule has 4 heteroatoms. The van der Waals surface area contributed by atoms with Gasteiger partial charge in [-0.05, 0) is 43.7 Å². The zero-order chi connectivity index (χ0) is 14.5. The minimum Gasteiger partial charge on any atom is -0.491 e. The van der Waals surface area contributed by atoms with Crippen LogP contribution in [0.5, 0.6) is 5.75 Å². The fourth-order valence-corrected chi connectivity index (χ4v) is 2.12. The van der Waals surface area contributed by atoms with Crippen LogP contribution in [0.1, 0.15) is 43.9 Å². The van der Waals surface area contributed by atoms with Gasteiger partial charge in [-0.1, -0.05) is 19.1 Å². The maximum atomic E-state index is 5.78. The topological polar surface area (TPSA) is 60.4 Å². The van der Waals surface area contributed by atoms with Gasteiger partial charge in [0.25, 0.3) is 0 Å². The second kappa shape index (κ2) is 6.59. The number of benzene rings is 1. The highest BCUT2D eigenvalue weighted by atomic mass is 16.5. The summed E-state index contributed by atoms with van der Waals surface area (Å²) in [4.78, 5) is 0. The van der Waals surface area contributed by atoms with E-state index < -0.39 is 0 Å². The first-order chi connectivity index (χ1) is 9.63. The van der Waals surface area contributed by atoms with Gasteiger partial charge >= 0.3 is 0 Å². The van der Waals surface area contributed by atoms with Crippen LogP contribution in [0, 0.1) is 0 Å². The molecule has 0 spiro atoms. The van der Waals surface area contributed by atoms with E-state index in [9.17, 15) is 0 Å². The molecule has 0 bridgehead atoms. The molecule has 20 heavy (non-hydrogen) atoms. The Bertz CT molecular complexity index is 549. The Morgan fingerprint density at radius 2 is 2.05 bits per heavy atom. The van der Waals surface area contributed by atoms with Crippen molar-refractivity contribution >= 4 is 0 Å². The van der Waals surface area contributed by atoms with Crippen LogP contribution in [0.3, 0.4) is 0 Å². The Balaban J connectivity index is 2.26. The minimum atomic E-state index is -0.175. The van der Waals surface area contributed by atoms with E-state index in [-0.39, 0.29) is 12.1 Å². The van der Waals surface area contributed by atoms with E-state index in [0.717, 1.165) is 29.3 Å². The molecule has 0 aliphatic carbocycles. The van der Waals surface area contributed by atoms with Crippen LogP contribution in [0.25, 0.3) is 0 Å². The molecular weight excluding hydrogens is 252 g/mol. The van der Waals surface area contributed by atoms with Crippen LogP contribution >= 0.6 is 0 Å². The van der Waals surface area contributed by atoms with Gasteiger partial charge in [-0.2, -0.15) is 0 Å². The quantitative estimate of drug-likeness (QED) is 0.627. The van der Waals surface area contributed by atoms with Crippen molar-refractivity contribution in [1.82, 2.24) is 5.43 Å². The molecule has 0 fully saturated rings. The third kappa shape index (κ3) is 3.40. The van der Waals surface area contributed by atoms with Crippen LogP contribution < -0.4 is 16.0 Å². The largest absolute Gasteiger partial charge is 0.491 e. The summed E-state index contributed by atoms with van der Waals surface area (Å²) in [6, 6.07) is 11.7. The maximum Gasteiger partial charge on any atom is 0.126 e. The number of hydrazine groups is 1. The van der Waals surface area contributed by atoms with Gasteiger partial charge in [-0.25, -0.2) is 5.43 Å². The van der Waals surface area contributed by atoms with Crippen molar-refractivity contribution in [2.45, 2.75) is 39.3 Å². The Hall–Kier alpha value is -1.78. The van der Waals surface area contributed by atoms with Crippen LogP contribution in [0.15, 0.2) is 40.8 Å². The summed E-state index contributed by atoms with van der Waals surface area (Å²) in [5.41, 5.74) is 3.82. The molecule has 0 saturated carbocycles. The van der Waals surface area contributed by atoms with Gasteiger partial charge in [-0.15, -0.1) is 0 Å². The van der Waals surface area contributed by atoms with Crippen molar-refractivity contribution in [3.05, 3.63) is 53.5 Å². The highest BCUT2D eigenvalue weighted by Crippen LogP contribution is 2.26. The Morgan fingerprint density at radius 3 is 2.65 bits per heavy atom. The lowest BCUT2D eigenvalue weighted by atomic mass is 10.1. The minimum absolute atomic E-state index is 0.143. The van der Waals surface area contributed by atoms with Gasteiger partial charge in [0.2, 0.25) is 0 Å². The third-order valence-electron chi connectivity index (χ3n) is 3.05. The molecule has 1 aromatic heterocycles. The molecule has 108 valence electrons. The summed E-state index contributed by atoms with van der Waals surface area (Å²) in [6.07, 6.45) is 1.01. The molecule has 2 aromatic rings. The van der Waals surface area contributed by atoms with Crippen molar-refractivity contribution in [3.63, 3.8) is 0 Å².